The van der Waals surface area contributed by atoms with Crippen LogP contribution in [0.1, 0.15) is 58.2 Å². The summed E-state index contributed by atoms with van der Waals surface area (Å²) in [5.74, 6) is 0.272. The van der Waals surface area contributed by atoms with Gasteiger partial charge in [0.25, 0.3) is 17.1 Å². The predicted octanol–water partition coefficient (Wildman–Crippen LogP) is 4.92. The van der Waals surface area contributed by atoms with Gasteiger partial charge in [0.15, 0.2) is 0 Å². The van der Waals surface area contributed by atoms with Crippen LogP contribution in [0.3, 0.4) is 0 Å². The first-order valence-electron chi connectivity index (χ1n) is 12.7. The average Bonchev–Trinajstić information content (AvgIpc) is 3.74. The van der Waals surface area contributed by atoms with Crippen LogP contribution in [0.4, 0.5) is 0 Å². The Bertz CT molecular complexity index is 1410. The van der Waals surface area contributed by atoms with Crippen molar-refractivity contribution in [2.45, 2.75) is 38.6 Å². The molecule has 0 aliphatic heterocycles. The number of nitrogens with zero attached hydrogens (tertiary/aromatic N) is 2. The van der Waals surface area contributed by atoms with Gasteiger partial charge >= 0.3 is 0 Å². The second kappa shape index (κ2) is 10.5. The van der Waals surface area contributed by atoms with Gasteiger partial charge in [-0.25, -0.2) is 0 Å². The first-order valence-corrected chi connectivity index (χ1v) is 12.7. The van der Waals surface area contributed by atoms with Crippen LogP contribution in [0.5, 0.6) is 0 Å². The molecule has 0 spiro atoms. The number of aryl methyl sites for hydroxylation is 1. The molecule has 36 heavy (non-hydrogen) atoms. The number of H-pyrrole nitrogens is 1. The minimum atomic E-state index is -0.228. The van der Waals surface area contributed by atoms with E-state index in [2.05, 4.69) is 4.98 Å². The molecule has 1 amide bonds. The van der Waals surface area contributed by atoms with Crippen LogP contribution in [0, 0.1) is 17.7 Å². The van der Waals surface area contributed by atoms with Crippen molar-refractivity contribution in [2.24, 2.45) is 11.7 Å². The zero-order valence-electron chi connectivity index (χ0n) is 20.7. The van der Waals surface area contributed by atoms with Crippen LogP contribution in [-0.4, -0.2) is 28.9 Å². The molecular formula is C30H33N4O2+. The summed E-state index contributed by atoms with van der Waals surface area (Å²) >= 11 is 0. The molecule has 5 rings (SSSR count). The predicted molar refractivity (Wildman–Crippen MR) is 142 cm³/mol. The lowest BCUT2D eigenvalue weighted by molar-refractivity contribution is -0.475. The highest BCUT2D eigenvalue weighted by Crippen LogP contribution is 2.45. The SMILES string of the molecule is Cc1ccc(C(=O)N(CCCN)C(c2[nH]c3ccccc3[n+](=O)c2Cc2ccccc2)C2CC2)cc1. The number of aromatic amines is 1. The van der Waals surface area contributed by atoms with E-state index in [4.69, 9.17) is 5.73 Å². The van der Waals surface area contributed by atoms with Gasteiger partial charge in [0.05, 0.1) is 16.9 Å². The van der Waals surface area contributed by atoms with Gasteiger partial charge in [-0.3, -0.25) is 4.79 Å². The summed E-state index contributed by atoms with van der Waals surface area (Å²) < 4.78 is 1.06. The van der Waals surface area contributed by atoms with Crippen LogP contribution in [0.15, 0.2) is 78.9 Å². The number of nitrogens with one attached hydrogen (secondary N) is 1. The van der Waals surface area contributed by atoms with Crippen LogP contribution >= 0.6 is 0 Å². The van der Waals surface area contributed by atoms with Crippen molar-refractivity contribution in [3.05, 3.63) is 112 Å². The minimum Gasteiger partial charge on any atom is -0.346 e. The van der Waals surface area contributed by atoms with Gasteiger partial charge < -0.3 is 15.6 Å². The number of nitrogens with two attached hydrogens (primary N) is 1. The van der Waals surface area contributed by atoms with E-state index in [-0.39, 0.29) is 11.9 Å². The Morgan fingerprint density at radius 1 is 1.03 bits per heavy atom. The number of para-hydroxylation sites is 2. The second-order valence-electron chi connectivity index (χ2n) is 9.75. The van der Waals surface area contributed by atoms with Gasteiger partial charge in [0, 0.05) is 23.1 Å². The first kappa shape index (κ1) is 23.9. The molecule has 1 saturated carbocycles. The molecule has 6 nitrogen and oxygen atoms in total. The highest BCUT2D eigenvalue weighted by molar-refractivity contribution is 5.94. The molecule has 4 aromatic rings. The van der Waals surface area contributed by atoms with Gasteiger partial charge in [-0.2, -0.15) is 0 Å². The molecule has 1 aliphatic rings. The first-order chi connectivity index (χ1) is 17.6. The summed E-state index contributed by atoms with van der Waals surface area (Å²) in [5.41, 5.74) is 11.6. The molecule has 0 saturated heterocycles. The molecule has 0 bridgehead atoms. The molecule has 6 heteroatoms. The molecule has 3 aromatic carbocycles. The van der Waals surface area contributed by atoms with Crippen LogP contribution in [0.25, 0.3) is 11.0 Å². The summed E-state index contributed by atoms with van der Waals surface area (Å²) in [6, 6.07) is 25.1. The van der Waals surface area contributed by atoms with Crippen molar-refractivity contribution in [2.75, 3.05) is 13.1 Å². The molecule has 3 N–H and O–H groups in total. The summed E-state index contributed by atoms with van der Waals surface area (Å²) in [6.45, 7) is 3.05. The number of amides is 1. The highest BCUT2D eigenvalue weighted by atomic mass is 16.3. The molecule has 1 unspecified atom stereocenters. The fraction of sp³-hybridized carbons (Fsp3) is 0.300. The van der Waals surface area contributed by atoms with E-state index in [9.17, 15) is 9.70 Å². The minimum absolute atomic E-state index is 0.0231. The van der Waals surface area contributed by atoms with Gasteiger partial charge in [-0.05, 0) is 62.4 Å². The molecular weight excluding hydrogens is 448 g/mol. The summed E-state index contributed by atoms with van der Waals surface area (Å²) in [4.78, 5) is 33.3. The molecule has 1 atom stereocenters. The third-order valence-electron chi connectivity index (χ3n) is 7.03. The Morgan fingerprint density at radius 3 is 2.42 bits per heavy atom. The van der Waals surface area contributed by atoms with Gasteiger partial charge in [0.1, 0.15) is 11.2 Å². The van der Waals surface area contributed by atoms with Crippen molar-refractivity contribution in [3.63, 3.8) is 0 Å². The number of fused-ring (bicyclic) bond motifs is 1. The second-order valence-corrected chi connectivity index (χ2v) is 9.75. The normalized spacial score (nSPS) is 14.1. The Balaban J connectivity index is 1.67. The zero-order valence-corrected chi connectivity index (χ0v) is 20.7. The van der Waals surface area contributed by atoms with Crippen molar-refractivity contribution in [1.82, 2.24) is 9.88 Å². The van der Waals surface area contributed by atoms with Crippen molar-refractivity contribution in [1.29, 1.82) is 0 Å². The van der Waals surface area contributed by atoms with Gasteiger partial charge in [0.2, 0.25) is 0 Å². The number of aromatic nitrogens is 2. The largest absolute Gasteiger partial charge is 0.346 e. The lowest BCUT2D eigenvalue weighted by Crippen LogP contribution is -2.40. The average molecular weight is 482 g/mol. The van der Waals surface area contributed by atoms with E-state index in [1.807, 2.05) is 90.7 Å². The molecule has 0 radical (unpaired) electrons. The number of rotatable bonds is 9. The number of carbonyl (C=O) groups is 1. The summed E-state index contributed by atoms with van der Waals surface area (Å²) in [6.07, 6.45) is 3.22. The lowest BCUT2D eigenvalue weighted by atomic mass is 9.98. The Labute approximate surface area is 211 Å². The van der Waals surface area contributed by atoms with E-state index in [1.165, 1.54) is 0 Å². The Kier molecular flexibility index (Phi) is 6.96. The molecule has 1 heterocycles. The van der Waals surface area contributed by atoms with Crippen LogP contribution in [-0.2, 0) is 6.42 Å². The van der Waals surface area contributed by atoms with E-state index in [0.29, 0.717) is 48.6 Å². The van der Waals surface area contributed by atoms with Gasteiger partial charge in [-0.15, -0.1) is 0 Å². The maximum Gasteiger partial charge on any atom is 0.286 e. The smallest absolute Gasteiger partial charge is 0.286 e. The quantitative estimate of drug-likeness (QED) is 0.333. The van der Waals surface area contributed by atoms with Crippen LogP contribution in [0.2, 0.25) is 0 Å². The van der Waals surface area contributed by atoms with Crippen molar-refractivity contribution < 1.29 is 9.22 Å². The molecule has 184 valence electrons. The summed E-state index contributed by atoms with van der Waals surface area (Å²) in [7, 11) is 0. The highest BCUT2D eigenvalue weighted by Gasteiger charge is 2.43. The zero-order chi connectivity index (χ0) is 25.1. The van der Waals surface area contributed by atoms with Crippen LogP contribution < -0.4 is 10.2 Å². The summed E-state index contributed by atoms with van der Waals surface area (Å²) in [5, 5.41) is 0. The standard InChI is InChI=1S/C30H33N4O2/c1-21-12-14-24(15-13-21)30(35)33(19-7-18-31)29(23-16-17-23)28-27(20-22-8-3-2-4-9-22)34(36)26-11-6-5-10-25(26)32-28/h2-6,8-15,23,29H,7,16-20,31H2,1H3,(H,32,36)/q+1. The van der Waals surface area contributed by atoms with E-state index < -0.39 is 0 Å². The Hall–Kier alpha value is -3.77. The van der Waals surface area contributed by atoms with E-state index in [0.717, 1.165) is 39.6 Å². The maximum absolute atomic E-state index is 13.9. The fourth-order valence-corrected chi connectivity index (χ4v) is 4.98. The fourth-order valence-electron chi connectivity index (χ4n) is 4.98. The molecule has 1 aromatic heterocycles. The van der Waals surface area contributed by atoms with Crippen molar-refractivity contribution in [3.8, 4) is 0 Å². The topological polar surface area (TPSA) is 85.1 Å². The number of benzene rings is 3. The monoisotopic (exact) mass is 481 g/mol. The van der Waals surface area contributed by atoms with Gasteiger partial charge in [-0.1, -0.05) is 60.2 Å². The third kappa shape index (κ3) is 4.95. The number of carbonyl (C=O) groups excluding carboxylic acids is 1. The van der Waals surface area contributed by atoms with E-state index in [1.54, 1.807) is 0 Å². The molecule has 1 aliphatic carbocycles. The lowest BCUT2D eigenvalue weighted by Gasteiger charge is -2.32. The van der Waals surface area contributed by atoms with Crippen molar-refractivity contribution >= 4 is 16.9 Å². The molecule has 1 fully saturated rings. The Morgan fingerprint density at radius 2 is 1.72 bits per heavy atom. The van der Waals surface area contributed by atoms with E-state index >= 15 is 0 Å². The number of hydrogen-bond acceptors (Lipinski definition) is 3. The third-order valence-corrected chi connectivity index (χ3v) is 7.03. The maximum atomic E-state index is 13.9. The number of hydrogen-bond donors (Lipinski definition) is 2.